The second-order valence-electron chi connectivity index (χ2n) is 7.58. The third kappa shape index (κ3) is 2.28. The number of fused-ring (bicyclic) bond motifs is 3. The van der Waals surface area contributed by atoms with Gasteiger partial charge in [0.1, 0.15) is 5.84 Å². The van der Waals surface area contributed by atoms with Crippen molar-refractivity contribution in [3.63, 3.8) is 0 Å². The maximum absolute atomic E-state index is 12.1. The summed E-state index contributed by atoms with van der Waals surface area (Å²) in [4.78, 5) is 7.00. The van der Waals surface area contributed by atoms with Crippen LogP contribution in [0.3, 0.4) is 0 Å². The van der Waals surface area contributed by atoms with Crippen LogP contribution < -0.4 is 9.47 Å². The minimum atomic E-state index is -1.26. The summed E-state index contributed by atoms with van der Waals surface area (Å²) in [6.07, 6.45) is 0. The second-order valence-corrected chi connectivity index (χ2v) is 7.58. The van der Waals surface area contributed by atoms with E-state index in [-0.39, 0.29) is 12.8 Å². The summed E-state index contributed by atoms with van der Waals surface area (Å²) in [6.45, 7) is 1.68. The highest BCUT2D eigenvalue weighted by Crippen LogP contribution is 2.48. The summed E-state index contributed by atoms with van der Waals surface area (Å²) in [7, 11) is 0. The molecular formula is C24H20N2O3. The van der Waals surface area contributed by atoms with Crippen molar-refractivity contribution in [1.29, 1.82) is 0 Å². The van der Waals surface area contributed by atoms with Gasteiger partial charge in [-0.05, 0) is 28.8 Å². The number of amidine groups is 1. The highest BCUT2D eigenvalue weighted by Gasteiger charge is 2.50. The predicted octanol–water partition coefficient (Wildman–Crippen LogP) is 3.47. The number of hydrogen-bond acceptors (Lipinski definition) is 5. The summed E-state index contributed by atoms with van der Waals surface area (Å²) in [5.41, 5.74) is 2.64. The van der Waals surface area contributed by atoms with E-state index in [9.17, 15) is 5.11 Å². The van der Waals surface area contributed by atoms with Crippen molar-refractivity contribution in [2.75, 3.05) is 19.9 Å². The lowest BCUT2D eigenvalue weighted by atomic mass is 9.75. The molecule has 0 bridgehead atoms. The zero-order valence-corrected chi connectivity index (χ0v) is 15.8. The number of nitrogens with zero attached hydrogens (tertiary/aromatic N) is 2. The fourth-order valence-corrected chi connectivity index (χ4v) is 4.79. The normalized spacial score (nSPS) is 24.1. The first-order valence-corrected chi connectivity index (χ1v) is 9.85. The smallest absolute Gasteiger partial charge is 0.231 e. The summed E-state index contributed by atoms with van der Waals surface area (Å²) in [5, 5.41) is 12.1. The van der Waals surface area contributed by atoms with Gasteiger partial charge >= 0.3 is 0 Å². The molecule has 0 aliphatic carbocycles. The van der Waals surface area contributed by atoms with Gasteiger partial charge in [-0.15, -0.1) is 0 Å². The molecule has 1 N–H and O–H groups in total. The van der Waals surface area contributed by atoms with Crippen molar-refractivity contribution in [2.24, 2.45) is 4.99 Å². The lowest BCUT2D eigenvalue weighted by Gasteiger charge is -2.45. The number of aliphatic imine (C=N–C) groups is 1. The van der Waals surface area contributed by atoms with Gasteiger partial charge in [0, 0.05) is 12.1 Å². The van der Waals surface area contributed by atoms with Crippen molar-refractivity contribution in [3.05, 3.63) is 95.1 Å². The molecule has 3 heterocycles. The Kier molecular flexibility index (Phi) is 3.49. The summed E-state index contributed by atoms with van der Waals surface area (Å²) >= 11 is 0. The number of benzene rings is 3. The van der Waals surface area contributed by atoms with Crippen LogP contribution in [0.4, 0.5) is 0 Å². The zero-order valence-electron chi connectivity index (χ0n) is 15.8. The van der Waals surface area contributed by atoms with Gasteiger partial charge < -0.3 is 19.5 Å². The topological polar surface area (TPSA) is 54.3 Å². The molecule has 0 saturated carbocycles. The molecule has 0 radical (unpaired) electrons. The van der Waals surface area contributed by atoms with E-state index in [1.54, 1.807) is 0 Å². The standard InChI is InChI=1S/C24H20N2O3/c27-24(17-6-2-1-3-7-17)19-9-5-4-8-18(19)22(26-13-12-25-23(24)26)16-10-11-20-21(14-16)29-15-28-20/h1-11,14,22,27H,12-13,15H2/t22-,24-/m0/s1. The van der Waals surface area contributed by atoms with Crippen molar-refractivity contribution in [2.45, 2.75) is 11.6 Å². The van der Waals surface area contributed by atoms with Crippen LogP contribution in [0.15, 0.2) is 77.8 Å². The number of hydrogen-bond donors (Lipinski definition) is 1. The van der Waals surface area contributed by atoms with Gasteiger partial charge in [-0.2, -0.15) is 0 Å². The first-order valence-electron chi connectivity index (χ1n) is 9.85. The lowest BCUT2D eigenvalue weighted by Crippen LogP contribution is -2.52. The van der Waals surface area contributed by atoms with Crippen LogP contribution in [0.5, 0.6) is 11.5 Å². The Morgan fingerprint density at radius 2 is 1.72 bits per heavy atom. The molecule has 3 aromatic rings. The molecule has 0 saturated heterocycles. The van der Waals surface area contributed by atoms with E-state index in [4.69, 9.17) is 14.5 Å². The summed E-state index contributed by atoms with van der Waals surface area (Å²) in [5.74, 6) is 2.25. The molecule has 29 heavy (non-hydrogen) atoms. The molecule has 3 aromatic carbocycles. The van der Waals surface area contributed by atoms with Crippen molar-refractivity contribution in [3.8, 4) is 11.5 Å². The fourth-order valence-electron chi connectivity index (χ4n) is 4.79. The first-order chi connectivity index (χ1) is 14.3. The van der Waals surface area contributed by atoms with Crippen LogP contribution >= 0.6 is 0 Å². The van der Waals surface area contributed by atoms with Crippen molar-refractivity contribution < 1.29 is 14.6 Å². The third-order valence-electron chi connectivity index (χ3n) is 6.06. The molecule has 144 valence electrons. The Hall–Kier alpha value is -3.31. The van der Waals surface area contributed by atoms with E-state index in [0.29, 0.717) is 12.4 Å². The Balaban J connectivity index is 1.58. The molecule has 0 fully saturated rings. The van der Waals surface area contributed by atoms with Gasteiger partial charge in [-0.1, -0.05) is 60.7 Å². The van der Waals surface area contributed by atoms with E-state index < -0.39 is 5.60 Å². The molecule has 5 heteroatoms. The van der Waals surface area contributed by atoms with E-state index in [2.05, 4.69) is 17.0 Å². The Labute approximate surface area is 168 Å². The van der Waals surface area contributed by atoms with Gasteiger partial charge in [0.25, 0.3) is 0 Å². The zero-order chi connectivity index (χ0) is 19.4. The summed E-state index contributed by atoms with van der Waals surface area (Å²) < 4.78 is 11.1. The van der Waals surface area contributed by atoms with Crippen molar-refractivity contribution in [1.82, 2.24) is 4.90 Å². The highest BCUT2D eigenvalue weighted by molar-refractivity contribution is 5.98. The fraction of sp³-hybridized carbons (Fsp3) is 0.208. The molecule has 6 rings (SSSR count). The number of aliphatic hydroxyl groups is 1. The van der Waals surface area contributed by atoms with E-state index in [1.807, 2.05) is 60.7 Å². The number of rotatable bonds is 2. The van der Waals surface area contributed by atoms with E-state index in [0.717, 1.165) is 40.3 Å². The van der Waals surface area contributed by atoms with Gasteiger partial charge in [-0.3, -0.25) is 4.99 Å². The maximum atomic E-state index is 12.1. The highest BCUT2D eigenvalue weighted by atomic mass is 16.7. The molecule has 0 unspecified atom stereocenters. The van der Waals surface area contributed by atoms with Gasteiger partial charge in [0.2, 0.25) is 6.79 Å². The van der Waals surface area contributed by atoms with Crippen LogP contribution in [0.1, 0.15) is 28.3 Å². The Bertz CT molecular complexity index is 1130. The number of ether oxygens (including phenoxy) is 2. The largest absolute Gasteiger partial charge is 0.454 e. The van der Waals surface area contributed by atoms with Crippen molar-refractivity contribution >= 4 is 5.84 Å². The molecule has 3 aliphatic heterocycles. The first kappa shape index (κ1) is 16.6. The predicted molar refractivity (Wildman–Crippen MR) is 109 cm³/mol. The van der Waals surface area contributed by atoms with E-state index in [1.165, 1.54) is 0 Å². The third-order valence-corrected chi connectivity index (χ3v) is 6.06. The molecule has 0 aromatic heterocycles. The van der Waals surface area contributed by atoms with Gasteiger partial charge in [-0.25, -0.2) is 0 Å². The average Bonchev–Trinajstić information content (AvgIpc) is 3.44. The molecule has 2 atom stereocenters. The quantitative estimate of drug-likeness (QED) is 0.735. The molecule has 5 nitrogen and oxygen atoms in total. The molecule has 0 amide bonds. The van der Waals surface area contributed by atoms with Crippen LogP contribution in [0.2, 0.25) is 0 Å². The Morgan fingerprint density at radius 3 is 2.62 bits per heavy atom. The minimum absolute atomic E-state index is 0.0362. The van der Waals surface area contributed by atoms with Gasteiger partial charge in [0.05, 0.1) is 12.6 Å². The maximum Gasteiger partial charge on any atom is 0.231 e. The van der Waals surface area contributed by atoms with Crippen LogP contribution in [-0.4, -0.2) is 35.7 Å². The van der Waals surface area contributed by atoms with E-state index >= 15 is 0 Å². The van der Waals surface area contributed by atoms with Crippen LogP contribution in [-0.2, 0) is 5.60 Å². The molecular weight excluding hydrogens is 364 g/mol. The second kappa shape index (κ2) is 6.09. The monoisotopic (exact) mass is 384 g/mol. The average molecular weight is 384 g/mol. The molecule has 0 spiro atoms. The molecule has 3 aliphatic rings. The minimum Gasteiger partial charge on any atom is -0.454 e. The van der Waals surface area contributed by atoms with Crippen LogP contribution in [0.25, 0.3) is 0 Å². The van der Waals surface area contributed by atoms with Crippen LogP contribution in [0, 0.1) is 0 Å². The summed E-state index contributed by atoms with van der Waals surface area (Å²) in [6, 6.07) is 24.0. The Morgan fingerprint density at radius 1 is 0.931 bits per heavy atom. The lowest BCUT2D eigenvalue weighted by molar-refractivity contribution is 0.124. The SMILES string of the molecule is O[C@]1(c2ccccc2)C2=NCCN2[C@@H](c2ccc3c(c2)OCO3)c2ccccc21. The van der Waals surface area contributed by atoms with Gasteiger partial charge in [0.15, 0.2) is 17.1 Å².